The van der Waals surface area contributed by atoms with Crippen molar-refractivity contribution in [3.8, 4) is 33.6 Å². The molecule has 1 atom stereocenters. The van der Waals surface area contributed by atoms with Gasteiger partial charge in [-0.15, -0.1) is 0 Å². The number of benzene rings is 9. The van der Waals surface area contributed by atoms with Crippen LogP contribution < -0.4 is 10.6 Å². The Bertz CT molecular complexity index is 4090. The van der Waals surface area contributed by atoms with Gasteiger partial charge in [0.15, 0.2) is 0 Å². The van der Waals surface area contributed by atoms with Gasteiger partial charge in [-0.3, -0.25) is 0 Å². The van der Waals surface area contributed by atoms with Crippen molar-refractivity contribution in [2.24, 2.45) is 0 Å². The normalized spacial score (nSPS) is 14.1. The summed E-state index contributed by atoms with van der Waals surface area (Å²) in [6.07, 6.45) is 5.99. The highest BCUT2D eigenvalue weighted by molar-refractivity contribution is 6.17. The molecule has 0 N–H and O–H groups in total. The van der Waals surface area contributed by atoms with E-state index < -0.39 is 0 Å². The van der Waals surface area contributed by atoms with Crippen LogP contribution in [0.2, 0.25) is 0 Å². The summed E-state index contributed by atoms with van der Waals surface area (Å²) >= 11 is 0. The Morgan fingerprint density at radius 1 is 0.349 bits per heavy atom. The third-order valence-electron chi connectivity index (χ3n) is 13.9. The maximum absolute atomic E-state index is 2.53. The first-order valence-electron chi connectivity index (χ1n) is 22.0. The molecule has 0 saturated heterocycles. The summed E-state index contributed by atoms with van der Waals surface area (Å²) in [5, 5.41) is 11.6. The van der Waals surface area contributed by atoms with Crippen molar-refractivity contribution < 1.29 is 0 Å². The van der Waals surface area contributed by atoms with Crippen LogP contribution in [-0.4, -0.2) is 13.5 Å². The van der Waals surface area contributed by atoms with Gasteiger partial charge in [-0.2, -0.15) is 0 Å². The van der Waals surface area contributed by atoms with Gasteiger partial charge < -0.3 is 13.5 Å². The Morgan fingerprint density at radius 3 is 1.40 bits per heavy atom. The second-order valence-corrected chi connectivity index (χ2v) is 17.2. The lowest BCUT2D eigenvalue weighted by molar-refractivity contribution is 0.913. The van der Waals surface area contributed by atoms with Crippen molar-refractivity contribution in [3.63, 3.8) is 0 Å². The third kappa shape index (κ3) is 5.02. The van der Waals surface area contributed by atoms with Crippen molar-refractivity contribution in [2.45, 2.75) is 12.3 Å². The van der Waals surface area contributed by atoms with Crippen LogP contribution >= 0.6 is 0 Å². The number of hydrogen-bond donors (Lipinski definition) is 0. The fourth-order valence-corrected chi connectivity index (χ4v) is 11.0. The predicted octanol–water partition coefficient (Wildman–Crippen LogP) is 14.0. The van der Waals surface area contributed by atoms with Crippen LogP contribution in [0.4, 0.5) is 0 Å². The van der Waals surface area contributed by atoms with E-state index in [0.717, 1.165) is 12.1 Å². The van der Waals surface area contributed by atoms with E-state index in [1.807, 2.05) is 0 Å². The smallest absolute Gasteiger partial charge is 0.0620 e. The molecule has 294 valence electrons. The quantitative estimate of drug-likeness (QED) is 0.165. The molecule has 63 heavy (non-hydrogen) atoms. The van der Waals surface area contributed by atoms with Gasteiger partial charge in [0.1, 0.15) is 0 Å². The molecular weight excluding hydrogens is 763 g/mol. The lowest BCUT2D eigenvalue weighted by Gasteiger charge is -2.13. The fourth-order valence-electron chi connectivity index (χ4n) is 11.0. The average Bonchev–Trinajstić information content (AvgIpc) is 4.08. The Kier molecular flexibility index (Phi) is 7.23. The summed E-state index contributed by atoms with van der Waals surface area (Å²) in [4.78, 5) is 0. The zero-order valence-electron chi connectivity index (χ0n) is 34.4. The number of nitrogens with zero attached hydrogens (tertiary/aromatic N) is 3. The van der Waals surface area contributed by atoms with Gasteiger partial charge in [0.05, 0.1) is 38.4 Å². The topological polar surface area (TPSA) is 14.3 Å². The SMILES string of the molecule is C1=c2c(n3c4ccccc4c4cc(-c5ccc6c(c5)c5cc(-c7ccc8c(c7)c7ccccc7n8-c7ccccc7)ccc5n6-c5ccccc5)cc2c43)=CC(c2ccccc2)C1. The van der Waals surface area contributed by atoms with Crippen molar-refractivity contribution in [1.82, 2.24) is 13.5 Å². The van der Waals surface area contributed by atoms with E-state index in [2.05, 4.69) is 232 Å². The van der Waals surface area contributed by atoms with Crippen LogP contribution in [0.3, 0.4) is 0 Å². The number of aromatic nitrogens is 3. The summed E-state index contributed by atoms with van der Waals surface area (Å²) < 4.78 is 7.34. The molecule has 0 amide bonds. The molecule has 1 aliphatic carbocycles. The summed E-state index contributed by atoms with van der Waals surface area (Å²) in [6, 6.07) is 76.2. The summed E-state index contributed by atoms with van der Waals surface area (Å²) in [5.41, 5.74) is 16.0. The van der Waals surface area contributed by atoms with E-state index in [1.165, 1.54) is 115 Å². The molecule has 3 nitrogen and oxygen atoms in total. The molecular formula is C60H39N3. The van der Waals surface area contributed by atoms with Gasteiger partial charge in [0.25, 0.3) is 0 Å². The Morgan fingerprint density at radius 2 is 0.794 bits per heavy atom. The minimum absolute atomic E-state index is 0.348. The molecule has 4 heterocycles. The summed E-state index contributed by atoms with van der Waals surface area (Å²) in [7, 11) is 0. The highest BCUT2D eigenvalue weighted by Gasteiger charge is 2.22. The van der Waals surface area contributed by atoms with E-state index in [4.69, 9.17) is 0 Å². The molecule has 0 bridgehead atoms. The molecule has 0 aliphatic heterocycles. The third-order valence-corrected chi connectivity index (χ3v) is 13.9. The first kappa shape index (κ1) is 34.6. The molecule has 0 saturated carbocycles. The van der Waals surface area contributed by atoms with Crippen molar-refractivity contribution in [1.29, 1.82) is 0 Å². The van der Waals surface area contributed by atoms with Gasteiger partial charge in [-0.25, -0.2) is 0 Å². The maximum atomic E-state index is 2.53. The van der Waals surface area contributed by atoms with Crippen molar-refractivity contribution in [2.75, 3.05) is 0 Å². The number of hydrogen-bond acceptors (Lipinski definition) is 0. The van der Waals surface area contributed by atoms with Crippen LogP contribution in [0.1, 0.15) is 17.9 Å². The van der Waals surface area contributed by atoms with Crippen LogP contribution in [0.5, 0.6) is 0 Å². The highest BCUT2D eigenvalue weighted by atomic mass is 15.0. The summed E-state index contributed by atoms with van der Waals surface area (Å²) in [6.45, 7) is 0. The maximum Gasteiger partial charge on any atom is 0.0620 e. The first-order chi connectivity index (χ1) is 31.2. The molecule has 0 radical (unpaired) electrons. The van der Waals surface area contributed by atoms with Crippen molar-refractivity contribution in [3.05, 3.63) is 222 Å². The molecule has 3 heteroatoms. The number of fused-ring (bicyclic) bond motifs is 12. The highest BCUT2D eigenvalue weighted by Crippen LogP contribution is 2.41. The molecule has 14 rings (SSSR count). The van der Waals surface area contributed by atoms with Crippen molar-refractivity contribution >= 4 is 83.0 Å². The Balaban J connectivity index is 0.980. The predicted molar refractivity (Wildman–Crippen MR) is 265 cm³/mol. The molecule has 1 aliphatic rings. The van der Waals surface area contributed by atoms with E-state index >= 15 is 0 Å². The lowest BCUT2D eigenvalue weighted by Crippen LogP contribution is -2.29. The Labute approximate surface area is 363 Å². The second-order valence-electron chi connectivity index (χ2n) is 17.2. The zero-order valence-corrected chi connectivity index (χ0v) is 34.4. The number of para-hydroxylation sites is 4. The van der Waals surface area contributed by atoms with Gasteiger partial charge >= 0.3 is 0 Å². The van der Waals surface area contributed by atoms with Gasteiger partial charge in [0, 0.05) is 60.2 Å². The fraction of sp³-hybridized carbons (Fsp3) is 0.0333. The average molecular weight is 802 g/mol. The van der Waals surface area contributed by atoms with Gasteiger partial charge in [-0.1, -0.05) is 133 Å². The molecule has 13 aromatic rings. The van der Waals surface area contributed by atoms with Gasteiger partial charge in [0.2, 0.25) is 0 Å². The molecule has 0 fully saturated rings. The summed E-state index contributed by atoms with van der Waals surface area (Å²) in [5.74, 6) is 0.348. The zero-order chi connectivity index (χ0) is 41.2. The first-order valence-corrected chi connectivity index (χ1v) is 22.0. The van der Waals surface area contributed by atoms with E-state index in [9.17, 15) is 0 Å². The lowest BCUT2D eigenvalue weighted by atomic mass is 9.91. The largest absolute Gasteiger partial charge is 0.309 e. The Hall–Kier alpha value is -8.14. The minimum atomic E-state index is 0.348. The van der Waals surface area contributed by atoms with Gasteiger partial charge in [-0.05, 0) is 119 Å². The van der Waals surface area contributed by atoms with E-state index in [0.29, 0.717) is 5.92 Å². The van der Waals surface area contributed by atoms with Crippen LogP contribution in [0.25, 0.3) is 117 Å². The molecule has 4 aromatic heterocycles. The monoisotopic (exact) mass is 801 g/mol. The second kappa shape index (κ2) is 13.2. The van der Waals surface area contributed by atoms with Crippen LogP contribution in [0, 0.1) is 0 Å². The minimum Gasteiger partial charge on any atom is -0.309 e. The van der Waals surface area contributed by atoms with Crippen LogP contribution in [0.15, 0.2) is 206 Å². The van der Waals surface area contributed by atoms with E-state index in [1.54, 1.807) is 0 Å². The standard InChI is InChI=1S/C60H39N3/c1-4-14-38(15-5-1)42-24-28-48-53-36-43(35-52-47-21-11-13-23-55(47)63(60(52)53)59(48)37-42)41-27-31-58-51(34-41)50-33-40(26-30-57(50)62(58)45-18-8-3-9-19-45)39-25-29-56-49(32-39)46-20-10-12-22-54(46)61(56)44-16-6-2-7-17-44/h1-23,25-37,42H,24H2. The molecule has 9 aromatic carbocycles. The van der Waals surface area contributed by atoms with Crippen LogP contribution in [-0.2, 0) is 0 Å². The van der Waals surface area contributed by atoms with E-state index in [-0.39, 0.29) is 0 Å². The molecule has 0 spiro atoms. The molecule has 1 unspecified atom stereocenters. The number of rotatable bonds is 5.